The largest absolute Gasteiger partial charge is 0.289 e. The van der Waals surface area contributed by atoms with E-state index >= 15 is 0 Å². The minimum absolute atomic E-state index is 0.0880. The van der Waals surface area contributed by atoms with Gasteiger partial charge in [-0.15, -0.1) is 0 Å². The molecule has 1 aromatic carbocycles. The lowest BCUT2D eigenvalue weighted by molar-refractivity contribution is -0.385. The van der Waals surface area contributed by atoms with Gasteiger partial charge in [-0.1, -0.05) is 18.7 Å². The number of allylic oxidation sites excluding steroid dienone is 1. The lowest BCUT2D eigenvalue weighted by Gasteiger charge is -2.01. The third-order valence-electron chi connectivity index (χ3n) is 1.87. The van der Waals surface area contributed by atoms with Crippen LogP contribution in [-0.4, -0.2) is 10.7 Å². The summed E-state index contributed by atoms with van der Waals surface area (Å²) in [6, 6.07) is 4.63. The molecule has 0 aliphatic carbocycles. The highest BCUT2D eigenvalue weighted by Crippen LogP contribution is 2.23. The van der Waals surface area contributed by atoms with Crippen molar-refractivity contribution < 1.29 is 9.72 Å². The molecular formula is C10H9NO3. The fourth-order valence-corrected chi connectivity index (χ4v) is 1.21. The number of nitrogens with zero attached hydrogens (tertiary/aromatic N) is 1. The number of nitro benzene ring substituents is 1. The number of carbonyl (C=O) groups is 1. The van der Waals surface area contributed by atoms with Gasteiger partial charge in [0.25, 0.3) is 5.69 Å². The molecule has 0 unspecified atom stereocenters. The van der Waals surface area contributed by atoms with Crippen LogP contribution in [0.4, 0.5) is 5.69 Å². The van der Waals surface area contributed by atoms with Crippen molar-refractivity contribution in [1.29, 1.82) is 0 Å². The molecule has 0 fully saturated rings. The Labute approximate surface area is 81.0 Å². The van der Waals surface area contributed by atoms with Crippen LogP contribution in [0.3, 0.4) is 0 Å². The van der Waals surface area contributed by atoms with Gasteiger partial charge in [0.2, 0.25) is 0 Å². The predicted octanol–water partition coefficient (Wildman–Crippen LogP) is 2.27. The SMILES string of the molecule is C=CC(=O)c1cccc(C)c1[N+](=O)[O-]. The van der Waals surface area contributed by atoms with Crippen LogP contribution < -0.4 is 0 Å². The van der Waals surface area contributed by atoms with Gasteiger partial charge >= 0.3 is 0 Å². The highest BCUT2D eigenvalue weighted by Gasteiger charge is 2.19. The number of hydrogen-bond acceptors (Lipinski definition) is 3. The third kappa shape index (κ3) is 1.69. The minimum atomic E-state index is -0.550. The summed E-state index contributed by atoms with van der Waals surface area (Å²) in [4.78, 5) is 21.4. The molecule has 0 aliphatic heterocycles. The Hall–Kier alpha value is -1.97. The summed E-state index contributed by atoms with van der Waals surface area (Å²) in [6.45, 7) is 4.89. The number of ketones is 1. The van der Waals surface area contributed by atoms with Crippen LogP contribution >= 0.6 is 0 Å². The summed E-state index contributed by atoms with van der Waals surface area (Å²) in [5.74, 6) is -0.430. The molecule has 1 aromatic rings. The summed E-state index contributed by atoms with van der Waals surface area (Å²) < 4.78 is 0. The average molecular weight is 191 g/mol. The average Bonchev–Trinajstić information content (AvgIpc) is 2.15. The van der Waals surface area contributed by atoms with Gasteiger partial charge in [-0.3, -0.25) is 14.9 Å². The van der Waals surface area contributed by atoms with E-state index in [9.17, 15) is 14.9 Å². The quantitative estimate of drug-likeness (QED) is 0.318. The van der Waals surface area contributed by atoms with E-state index in [0.29, 0.717) is 5.56 Å². The fraction of sp³-hybridized carbons (Fsp3) is 0.100. The van der Waals surface area contributed by atoms with Gasteiger partial charge in [0.1, 0.15) is 0 Å². The molecule has 0 saturated carbocycles. The standard InChI is InChI=1S/C10H9NO3/c1-3-9(12)8-6-4-5-7(2)10(8)11(13)14/h3-6H,1H2,2H3. The first-order valence-corrected chi connectivity index (χ1v) is 3.98. The molecule has 0 aromatic heterocycles. The normalized spacial score (nSPS) is 9.50. The van der Waals surface area contributed by atoms with Crippen LogP contribution in [0.25, 0.3) is 0 Å². The number of rotatable bonds is 3. The molecule has 4 nitrogen and oxygen atoms in total. The van der Waals surface area contributed by atoms with E-state index in [1.165, 1.54) is 6.07 Å². The molecule has 4 heteroatoms. The Morgan fingerprint density at radius 3 is 2.71 bits per heavy atom. The zero-order valence-electron chi connectivity index (χ0n) is 7.69. The fourth-order valence-electron chi connectivity index (χ4n) is 1.21. The van der Waals surface area contributed by atoms with Crippen LogP contribution in [0.1, 0.15) is 15.9 Å². The molecule has 0 saturated heterocycles. The van der Waals surface area contributed by atoms with Crippen molar-refractivity contribution >= 4 is 11.5 Å². The van der Waals surface area contributed by atoms with Gasteiger partial charge in [0, 0.05) is 5.56 Å². The van der Waals surface area contributed by atoms with Crippen molar-refractivity contribution in [3.8, 4) is 0 Å². The molecule has 0 radical (unpaired) electrons. The second-order valence-corrected chi connectivity index (χ2v) is 2.80. The Balaban J connectivity index is 3.42. The summed E-state index contributed by atoms with van der Waals surface area (Å²) in [6.07, 6.45) is 1.07. The van der Waals surface area contributed by atoms with Crippen molar-refractivity contribution in [3.63, 3.8) is 0 Å². The third-order valence-corrected chi connectivity index (χ3v) is 1.87. The zero-order valence-corrected chi connectivity index (χ0v) is 7.69. The Morgan fingerprint density at radius 2 is 2.21 bits per heavy atom. The van der Waals surface area contributed by atoms with Gasteiger partial charge in [0.15, 0.2) is 5.78 Å². The molecule has 72 valence electrons. The molecule has 0 atom stereocenters. The first-order valence-electron chi connectivity index (χ1n) is 3.98. The minimum Gasteiger partial charge on any atom is -0.289 e. The maximum Gasteiger partial charge on any atom is 0.283 e. The highest BCUT2D eigenvalue weighted by atomic mass is 16.6. The van der Waals surface area contributed by atoms with Crippen molar-refractivity contribution in [2.45, 2.75) is 6.92 Å². The topological polar surface area (TPSA) is 60.2 Å². The molecule has 1 rings (SSSR count). The molecule has 0 heterocycles. The van der Waals surface area contributed by atoms with Gasteiger partial charge < -0.3 is 0 Å². The van der Waals surface area contributed by atoms with E-state index in [2.05, 4.69) is 6.58 Å². The van der Waals surface area contributed by atoms with Crippen molar-refractivity contribution in [3.05, 3.63) is 52.1 Å². The molecular weight excluding hydrogens is 182 g/mol. The molecule has 0 amide bonds. The Kier molecular flexibility index (Phi) is 2.76. The van der Waals surface area contributed by atoms with Gasteiger partial charge in [-0.25, -0.2) is 0 Å². The number of carbonyl (C=O) groups excluding carboxylic acids is 1. The van der Waals surface area contributed by atoms with Crippen LogP contribution in [0, 0.1) is 17.0 Å². The van der Waals surface area contributed by atoms with Gasteiger partial charge in [0.05, 0.1) is 10.5 Å². The maximum atomic E-state index is 11.3. The Bertz CT molecular complexity index is 410. The van der Waals surface area contributed by atoms with Crippen molar-refractivity contribution in [2.24, 2.45) is 0 Å². The molecule has 0 aliphatic rings. The van der Waals surface area contributed by atoms with Crippen LogP contribution in [0.15, 0.2) is 30.9 Å². The lowest BCUT2D eigenvalue weighted by Crippen LogP contribution is -2.02. The number of hydrogen-bond donors (Lipinski definition) is 0. The summed E-state index contributed by atoms with van der Waals surface area (Å²) in [5.41, 5.74) is 0.421. The lowest BCUT2D eigenvalue weighted by atomic mass is 10.0. The van der Waals surface area contributed by atoms with Crippen LogP contribution in [0.2, 0.25) is 0 Å². The van der Waals surface area contributed by atoms with E-state index in [0.717, 1.165) is 6.08 Å². The molecule has 14 heavy (non-hydrogen) atoms. The number of nitro groups is 1. The van der Waals surface area contributed by atoms with E-state index < -0.39 is 10.7 Å². The molecule has 0 N–H and O–H groups in total. The second-order valence-electron chi connectivity index (χ2n) is 2.80. The molecule has 0 spiro atoms. The van der Waals surface area contributed by atoms with E-state index in [-0.39, 0.29) is 11.3 Å². The van der Waals surface area contributed by atoms with Gasteiger partial charge in [-0.05, 0) is 19.1 Å². The molecule has 0 bridgehead atoms. The number of para-hydroxylation sites is 1. The Morgan fingerprint density at radius 1 is 1.57 bits per heavy atom. The van der Waals surface area contributed by atoms with Crippen molar-refractivity contribution in [1.82, 2.24) is 0 Å². The monoisotopic (exact) mass is 191 g/mol. The summed E-state index contributed by atoms with van der Waals surface area (Å²) in [5, 5.41) is 10.7. The van der Waals surface area contributed by atoms with Gasteiger partial charge in [-0.2, -0.15) is 0 Å². The van der Waals surface area contributed by atoms with Crippen molar-refractivity contribution in [2.75, 3.05) is 0 Å². The van der Waals surface area contributed by atoms with E-state index in [4.69, 9.17) is 0 Å². The zero-order chi connectivity index (χ0) is 10.7. The first kappa shape index (κ1) is 10.1. The van der Waals surface area contributed by atoms with E-state index in [1.807, 2.05) is 0 Å². The van der Waals surface area contributed by atoms with Crippen LogP contribution in [0.5, 0.6) is 0 Å². The highest BCUT2D eigenvalue weighted by molar-refractivity contribution is 6.07. The maximum absolute atomic E-state index is 11.3. The smallest absolute Gasteiger partial charge is 0.283 e. The van der Waals surface area contributed by atoms with Crippen LogP contribution in [-0.2, 0) is 0 Å². The number of aryl methyl sites for hydroxylation is 1. The van der Waals surface area contributed by atoms with E-state index in [1.54, 1.807) is 19.1 Å². The number of benzene rings is 1. The first-order chi connectivity index (χ1) is 6.57. The summed E-state index contributed by atoms with van der Waals surface area (Å²) >= 11 is 0. The predicted molar refractivity (Wildman–Crippen MR) is 52.4 cm³/mol. The summed E-state index contributed by atoms with van der Waals surface area (Å²) in [7, 11) is 0. The second kappa shape index (κ2) is 3.83.